The predicted molar refractivity (Wildman–Crippen MR) is 91.0 cm³/mol. The van der Waals surface area contributed by atoms with Crippen LogP contribution in [0.5, 0.6) is 0 Å². The summed E-state index contributed by atoms with van der Waals surface area (Å²) in [5.74, 6) is -0.110. The van der Waals surface area contributed by atoms with Crippen molar-refractivity contribution < 1.29 is 9.59 Å². The molecule has 2 aromatic carbocycles. The topological polar surface area (TPSA) is 46.2 Å². The van der Waals surface area contributed by atoms with Gasteiger partial charge in [0.05, 0.1) is 0 Å². The van der Waals surface area contributed by atoms with E-state index in [4.69, 9.17) is 0 Å². The number of rotatable bonds is 6. The Morgan fingerprint density at radius 3 is 2.17 bits per heavy atom. The average Bonchev–Trinajstić information content (AvgIpc) is 2.59. The molecule has 2 aromatic rings. The Balaban J connectivity index is 1.80. The molecule has 23 heavy (non-hydrogen) atoms. The normalized spacial score (nSPS) is 12.9. The number of carbonyl (C=O) groups excluding carboxylic acids is 2. The first kappa shape index (κ1) is 15.6. The van der Waals surface area contributed by atoms with Crippen molar-refractivity contribution in [2.24, 2.45) is 0 Å². The molecule has 0 unspecified atom stereocenters. The third kappa shape index (κ3) is 3.10. The summed E-state index contributed by atoms with van der Waals surface area (Å²) >= 11 is 0. The van der Waals surface area contributed by atoms with Gasteiger partial charge in [0, 0.05) is 28.8 Å². The minimum atomic E-state index is -0.0577. The maximum Gasteiger partial charge on any atom is 0.194 e. The molecule has 0 spiro atoms. The van der Waals surface area contributed by atoms with E-state index in [0.717, 1.165) is 25.1 Å². The zero-order valence-corrected chi connectivity index (χ0v) is 13.4. The summed E-state index contributed by atoms with van der Waals surface area (Å²) in [7, 11) is 0. The van der Waals surface area contributed by atoms with Crippen LogP contribution in [0.3, 0.4) is 0 Å². The molecule has 3 nitrogen and oxygen atoms in total. The number of benzene rings is 2. The van der Waals surface area contributed by atoms with E-state index in [2.05, 4.69) is 12.2 Å². The fraction of sp³-hybridized carbons (Fsp3) is 0.300. The van der Waals surface area contributed by atoms with Crippen molar-refractivity contribution in [1.29, 1.82) is 0 Å². The van der Waals surface area contributed by atoms with Crippen LogP contribution in [0.1, 0.15) is 63.6 Å². The lowest BCUT2D eigenvalue weighted by Crippen LogP contribution is -2.22. The first-order valence-electron chi connectivity index (χ1n) is 8.24. The minimum Gasteiger partial charge on any atom is -0.313 e. The van der Waals surface area contributed by atoms with Crippen molar-refractivity contribution >= 4 is 11.6 Å². The number of nitrogens with one attached hydrogen (secondary N) is 1. The van der Waals surface area contributed by atoms with E-state index < -0.39 is 0 Å². The third-order valence-electron chi connectivity index (χ3n) is 4.28. The maximum absolute atomic E-state index is 12.6. The van der Waals surface area contributed by atoms with E-state index in [0.29, 0.717) is 22.3 Å². The highest BCUT2D eigenvalue weighted by Gasteiger charge is 2.29. The molecule has 0 amide bonds. The summed E-state index contributed by atoms with van der Waals surface area (Å²) in [4.78, 5) is 25.2. The quantitative estimate of drug-likeness (QED) is 0.706. The Labute approximate surface area is 136 Å². The van der Waals surface area contributed by atoms with Gasteiger partial charge < -0.3 is 5.32 Å². The van der Waals surface area contributed by atoms with Crippen LogP contribution in [0.2, 0.25) is 0 Å². The lowest BCUT2D eigenvalue weighted by atomic mass is 9.83. The van der Waals surface area contributed by atoms with Gasteiger partial charge in [-0.1, -0.05) is 50.1 Å². The zero-order valence-electron chi connectivity index (χ0n) is 13.4. The van der Waals surface area contributed by atoms with E-state index >= 15 is 0 Å². The van der Waals surface area contributed by atoms with Gasteiger partial charge in [-0.3, -0.25) is 9.59 Å². The second kappa shape index (κ2) is 6.88. The summed E-state index contributed by atoms with van der Waals surface area (Å²) in [5.41, 5.74) is 3.11. The lowest BCUT2D eigenvalue weighted by molar-refractivity contribution is 0.0979. The van der Waals surface area contributed by atoms with Gasteiger partial charge in [0.1, 0.15) is 0 Å². The van der Waals surface area contributed by atoms with E-state index in [-0.39, 0.29) is 11.6 Å². The SMILES string of the molecule is CCCCCNCc1ccc2c(c1)C(=O)c1ccccc1C2=O. The van der Waals surface area contributed by atoms with Gasteiger partial charge in [0.15, 0.2) is 11.6 Å². The maximum atomic E-state index is 12.6. The van der Waals surface area contributed by atoms with Gasteiger partial charge >= 0.3 is 0 Å². The highest BCUT2D eigenvalue weighted by Crippen LogP contribution is 2.27. The van der Waals surface area contributed by atoms with Crippen molar-refractivity contribution in [3.8, 4) is 0 Å². The minimum absolute atomic E-state index is 0.0527. The molecule has 0 saturated heterocycles. The highest BCUT2D eigenvalue weighted by molar-refractivity contribution is 6.28. The van der Waals surface area contributed by atoms with Crippen molar-refractivity contribution in [3.63, 3.8) is 0 Å². The van der Waals surface area contributed by atoms with Crippen molar-refractivity contribution in [1.82, 2.24) is 5.32 Å². The first-order chi connectivity index (χ1) is 11.2. The molecule has 0 radical (unpaired) electrons. The van der Waals surface area contributed by atoms with Gasteiger partial charge in [0.25, 0.3) is 0 Å². The molecule has 0 saturated carbocycles. The van der Waals surface area contributed by atoms with Crippen LogP contribution in [0.15, 0.2) is 42.5 Å². The highest BCUT2D eigenvalue weighted by atomic mass is 16.1. The molecule has 0 aliphatic heterocycles. The van der Waals surface area contributed by atoms with E-state index in [1.807, 2.05) is 12.1 Å². The van der Waals surface area contributed by atoms with Crippen LogP contribution in [0, 0.1) is 0 Å². The summed E-state index contributed by atoms with van der Waals surface area (Å²) in [6.45, 7) is 3.88. The molecule has 118 valence electrons. The Bertz CT molecular complexity index is 749. The van der Waals surface area contributed by atoms with Crippen LogP contribution in [0.4, 0.5) is 0 Å². The Kier molecular flexibility index (Phi) is 4.68. The van der Waals surface area contributed by atoms with E-state index in [1.54, 1.807) is 30.3 Å². The van der Waals surface area contributed by atoms with Crippen molar-refractivity contribution in [2.75, 3.05) is 6.54 Å². The Morgan fingerprint density at radius 1 is 0.826 bits per heavy atom. The van der Waals surface area contributed by atoms with Gasteiger partial charge in [-0.25, -0.2) is 0 Å². The summed E-state index contributed by atoms with van der Waals surface area (Å²) in [6.07, 6.45) is 3.59. The molecule has 0 fully saturated rings. The first-order valence-corrected chi connectivity index (χ1v) is 8.24. The number of fused-ring (bicyclic) bond motifs is 2. The molecule has 3 rings (SSSR count). The molecule has 3 heteroatoms. The van der Waals surface area contributed by atoms with Crippen molar-refractivity contribution in [3.05, 3.63) is 70.3 Å². The molecule has 0 bridgehead atoms. The average molecular weight is 307 g/mol. The number of ketones is 2. The second-order valence-electron chi connectivity index (χ2n) is 5.97. The summed E-state index contributed by atoms with van der Waals surface area (Å²) in [5, 5.41) is 3.39. The van der Waals surface area contributed by atoms with Crippen LogP contribution < -0.4 is 5.32 Å². The second-order valence-corrected chi connectivity index (χ2v) is 5.97. The van der Waals surface area contributed by atoms with Crippen LogP contribution in [-0.4, -0.2) is 18.1 Å². The molecule has 0 aromatic heterocycles. The third-order valence-corrected chi connectivity index (χ3v) is 4.28. The number of hydrogen-bond donors (Lipinski definition) is 1. The van der Waals surface area contributed by atoms with Crippen LogP contribution in [-0.2, 0) is 6.54 Å². The fourth-order valence-corrected chi connectivity index (χ4v) is 2.99. The Morgan fingerprint density at radius 2 is 1.48 bits per heavy atom. The van der Waals surface area contributed by atoms with E-state index in [9.17, 15) is 9.59 Å². The fourth-order valence-electron chi connectivity index (χ4n) is 2.99. The molecular weight excluding hydrogens is 286 g/mol. The van der Waals surface area contributed by atoms with Crippen LogP contribution in [0.25, 0.3) is 0 Å². The lowest BCUT2D eigenvalue weighted by Gasteiger charge is -2.18. The smallest absolute Gasteiger partial charge is 0.194 e. The molecule has 1 N–H and O–H groups in total. The number of carbonyl (C=O) groups is 2. The van der Waals surface area contributed by atoms with Gasteiger partial charge in [-0.15, -0.1) is 0 Å². The van der Waals surface area contributed by atoms with Gasteiger partial charge in [-0.05, 0) is 30.7 Å². The standard InChI is InChI=1S/C20H21NO2/c1-2-3-6-11-21-13-14-9-10-17-18(12-14)20(23)16-8-5-4-7-15(16)19(17)22/h4-5,7-10,12,21H,2-3,6,11,13H2,1H3. The molecule has 0 atom stereocenters. The molecule has 1 aliphatic rings. The summed E-state index contributed by atoms with van der Waals surface area (Å²) in [6, 6.07) is 12.6. The zero-order chi connectivity index (χ0) is 16.2. The Hall–Kier alpha value is -2.26. The van der Waals surface area contributed by atoms with Crippen LogP contribution >= 0.6 is 0 Å². The molecule has 0 heterocycles. The number of hydrogen-bond acceptors (Lipinski definition) is 3. The predicted octanol–water partition coefficient (Wildman–Crippen LogP) is 3.74. The van der Waals surface area contributed by atoms with Gasteiger partial charge in [0.2, 0.25) is 0 Å². The van der Waals surface area contributed by atoms with Crippen molar-refractivity contribution in [2.45, 2.75) is 32.7 Å². The number of unbranched alkanes of at least 4 members (excludes halogenated alkanes) is 2. The van der Waals surface area contributed by atoms with Gasteiger partial charge in [-0.2, -0.15) is 0 Å². The molecule has 1 aliphatic carbocycles. The summed E-state index contributed by atoms with van der Waals surface area (Å²) < 4.78 is 0. The monoisotopic (exact) mass is 307 g/mol. The molecular formula is C20H21NO2. The van der Waals surface area contributed by atoms with E-state index in [1.165, 1.54) is 12.8 Å². The largest absolute Gasteiger partial charge is 0.313 e.